The Morgan fingerprint density at radius 1 is 0.733 bits per heavy atom. The van der Waals surface area contributed by atoms with Crippen molar-refractivity contribution in [3.8, 4) is 22.6 Å². The Morgan fingerprint density at radius 3 is 2.27 bits per heavy atom. The number of hydrogen-bond donors (Lipinski definition) is 0. The Bertz CT molecular complexity index is 1060. The van der Waals surface area contributed by atoms with Gasteiger partial charge in [-0.15, -0.1) is 0 Å². The lowest BCUT2D eigenvalue weighted by molar-refractivity contribution is 0.428. The summed E-state index contributed by atoms with van der Waals surface area (Å²) in [4.78, 5) is 13.1. The van der Waals surface area contributed by atoms with Gasteiger partial charge in [-0.25, -0.2) is 9.97 Å². The molecule has 3 nitrogen and oxygen atoms in total. The number of benzene rings is 2. The van der Waals surface area contributed by atoms with E-state index in [0.717, 1.165) is 30.9 Å². The maximum Gasteiger partial charge on any atom is 0.162 e. The number of hydrogen-bond acceptors (Lipinski definition) is 3. The van der Waals surface area contributed by atoms with Crippen LogP contribution in [-0.2, 0) is 11.8 Å². The van der Waals surface area contributed by atoms with Crippen molar-refractivity contribution in [1.29, 1.82) is 0 Å². The molecule has 2 aromatic carbocycles. The second kappa shape index (κ2) is 7.23. The summed E-state index contributed by atoms with van der Waals surface area (Å²) < 4.78 is 0. The van der Waals surface area contributed by atoms with E-state index >= 15 is 0 Å². The van der Waals surface area contributed by atoms with Gasteiger partial charge in [0, 0.05) is 35.2 Å². The molecule has 6 rings (SSSR count). The number of rotatable bonds is 2. The third kappa shape index (κ3) is 2.86. The van der Waals surface area contributed by atoms with Crippen molar-refractivity contribution in [2.24, 2.45) is 0 Å². The molecule has 1 spiro atoms. The van der Waals surface area contributed by atoms with Gasteiger partial charge in [-0.3, -0.25) is 0 Å². The van der Waals surface area contributed by atoms with Crippen LogP contribution in [0, 0.1) is 0 Å². The number of aromatic nitrogens is 2. The first-order valence-corrected chi connectivity index (χ1v) is 11.7. The highest BCUT2D eigenvalue weighted by Gasteiger charge is 2.45. The molecule has 2 aliphatic carbocycles. The molecular weight excluding hydrogens is 366 g/mol. The second-order valence-electron chi connectivity index (χ2n) is 9.33. The van der Waals surface area contributed by atoms with Gasteiger partial charge in [0.25, 0.3) is 0 Å². The van der Waals surface area contributed by atoms with Gasteiger partial charge >= 0.3 is 0 Å². The van der Waals surface area contributed by atoms with E-state index in [-0.39, 0.29) is 5.41 Å². The van der Waals surface area contributed by atoms with Crippen LogP contribution in [0.25, 0.3) is 22.6 Å². The van der Waals surface area contributed by atoms with E-state index in [9.17, 15) is 0 Å². The van der Waals surface area contributed by atoms with E-state index in [1.54, 1.807) is 0 Å². The molecule has 0 amide bonds. The van der Waals surface area contributed by atoms with Crippen LogP contribution in [0.1, 0.15) is 56.1 Å². The molecule has 0 unspecified atom stereocenters. The summed E-state index contributed by atoms with van der Waals surface area (Å²) in [6, 6.07) is 19.5. The van der Waals surface area contributed by atoms with Crippen molar-refractivity contribution in [3.05, 3.63) is 65.7 Å². The first kappa shape index (κ1) is 18.1. The number of nitrogens with zero attached hydrogens (tertiary/aromatic N) is 3. The molecule has 3 aromatic rings. The van der Waals surface area contributed by atoms with Gasteiger partial charge in [0.1, 0.15) is 5.82 Å². The lowest BCUT2D eigenvalue weighted by Crippen LogP contribution is -2.37. The number of fused-ring (bicyclic) bond motifs is 4. The number of anilines is 1. The molecule has 3 heteroatoms. The van der Waals surface area contributed by atoms with Gasteiger partial charge < -0.3 is 4.90 Å². The smallest absolute Gasteiger partial charge is 0.162 e. The van der Waals surface area contributed by atoms with E-state index in [4.69, 9.17) is 9.97 Å². The van der Waals surface area contributed by atoms with Crippen LogP contribution in [0.2, 0.25) is 0 Å². The van der Waals surface area contributed by atoms with Gasteiger partial charge in [-0.05, 0) is 44.1 Å². The van der Waals surface area contributed by atoms with Gasteiger partial charge in [0.15, 0.2) is 5.82 Å². The van der Waals surface area contributed by atoms with Crippen LogP contribution in [0.3, 0.4) is 0 Å². The lowest BCUT2D eigenvalue weighted by Gasteiger charge is -2.40. The maximum absolute atomic E-state index is 5.29. The van der Waals surface area contributed by atoms with Crippen LogP contribution in [-0.4, -0.2) is 23.1 Å². The third-order valence-corrected chi connectivity index (χ3v) is 7.47. The van der Waals surface area contributed by atoms with Crippen LogP contribution in [0.5, 0.6) is 0 Å². The Labute approximate surface area is 179 Å². The van der Waals surface area contributed by atoms with Crippen LogP contribution < -0.4 is 4.90 Å². The standard InChI is InChI=1S/C27H29N3/c1-3-11-20(12-4-1)25-28-24-22-14-6-5-13-21(22)19-27(15-7-8-16-27)23(24)26(29-25)30-17-9-2-10-18-30/h1,3-6,11-14H,2,7-10,15-19H2. The minimum absolute atomic E-state index is 0.214. The maximum atomic E-state index is 5.29. The van der Waals surface area contributed by atoms with Crippen LogP contribution >= 0.6 is 0 Å². The molecule has 0 radical (unpaired) electrons. The van der Waals surface area contributed by atoms with Crippen molar-refractivity contribution >= 4 is 5.82 Å². The Kier molecular flexibility index (Phi) is 4.36. The van der Waals surface area contributed by atoms with Crippen LogP contribution in [0.4, 0.5) is 5.82 Å². The minimum Gasteiger partial charge on any atom is -0.356 e. The van der Waals surface area contributed by atoms with Crippen molar-refractivity contribution < 1.29 is 0 Å². The Balaban J connectivity index is 1.64. The topological polar surface area (TPSA) is 29.0 Å². The summed E-state index contributed by atoms with van der Waals surface area (Å²) in [5.74, 6) is 2.11. The fraction of sp³-hybridized carbons (Fsp3) is 0.407. The van der Waals surface area contributed by atoms with E-state index in [2.05, 4.69) is 59.5 Å². The summed E-state index contributed by atoms with van der Waals surface area (Å²) in [5, 5.41) is 0. The molecule has 3 aliphatic rings. The summed E-state index contributed by atoms with van der Waals surface area (Å²) >= 11 is 0. The van der Waals surface area contributed by atoms with E-state index in [0.29, 0.717) is 0 Å². The van der Waals surface area contributed by atoms with E-state index in [1.807, 2.05) is 0 Å². The molecule has 1 aliphatic heterocycles. The Hall–Kier alpha value is -2.68. The van der Waals surface area contributed by atoms with E-state index in [1.165, 1.54) is 73.1 Å². The number of piperidine rings is 1. The van der Waals surface area contributed by atoms with Gasteiger partial charge in [-0.1, -0.05) is 67.4 Å². The van der Waals surface area contributed by atoms with Gasteiger partial charge in [0.05, 0.1) is 5.69 Å². The summed E-state index contributed by atoms with van der Waals surface area (Å²) in [7, 11) is 0. The molecule has 2 fully saturated rings. The highest BCUT2D eigenvalue weighted by Crippen LogP contribution is 2.54. The summed E-state index contributed by atoms with van der Waals surface area (Å²) in [6.07, 6.45) is 10.2. The molecule has 30 heavy (non-hydrogen) atoms. The molecule has 1 aromatic heterocycles. The molecule has 0 N–H and O–H groups in total. The molecule has 0 atom stereocenters. The molecule has 0 bridgehead atoms. The molecule has 1 saturated carbocycles. The van der Waals surface area contributed by atoms with E-state index < -0.39 is 0 Å². The van der Waals surface area contributed by atoms with Crippen molar-refractivity contribution in [2.75, 3.05) is 18.0 Å². The fourth-order valence-corrected chi connectivity index (χ4v) is 6.02. The van der Waals surface area contributed by atoms with Crippen molar-refractivity contribution in [3.63, 3.8) is 0 Å². The zero-order chi connectivity index (χ0) is 20.0. The summed E-state index contributed by atoms with van der Waals surface area (Å²) in [6.45, 7) is 2.24. The lowest BCUT2D eigenvalue weighted by atomic mass is 9.68. The highest BCUT2D eigenvalue weighted by atomic mass is 15.2. The average molecular weight is 396 g/mol. The highest BCUT2D eigenvalue weighted by molar-refractivity contribution is 5.79. The second-order valence-corrected chi connectivity index (χ2v) is 9.33. The monoisotopic (exact) mass is 395 g/mol. The average Bonchev–Trinajstić information content (AvgIpc) is 3.28. The SMILES string of the molecule is c1ccc(-c2nc3c(c(N4CCCCC4)n2)C2(CCCC2)Cc2ccccc2-3)cc1. The quantitative estimate of drug-likeness (QED) is 0.520. The fourth-order valence-electron chi connectivity index (χ4n) is 6.02. The van der Waals surface area contributed by atoms with Crippen LogP contribution in [0.15, 0.2) is 54.6 Å². The Morgan fingerprint density at radius 2 is 1.47 bits per heavy atom. The first-order valence-electron chi connectivity index (χ1n) is 11.7. The van der Waals surface area contributed by atoms with Crippen molar-refractivity contribution in [2.45, 2.75) is 56.8 Å². The predicted octanol–water partition coefficient (Wildman–Crippen LogP) is 6.17. The zero-order valence-corrected chi connectivity index (χ0v) is 17.6. The molecule has 152 valence electrons. The van der Waals surface area contributed by atoms with Crippen molar-refractivity contribution in [1.82, 2.24) is 9.97 Å². The summed E-state index contributed by atoms with van der Waals surface area (Å²) in [5.41, 5.74) is 6.78. The normalized spacial score (nSPS) is 19.5. The predicted molar refractivity (Wildman–Crippen MR) is 123 cm³/mol. The largest absolute Gasteiger partial charge is 0.356 e. The zero-order valence-electron chi connectivity index (χ0n) is 17.6. The minimum atomic E-state index is 0.214. The van der Waals surface area contributed by atoms with Gasteiger partial charge in [0.2, 0.25) is 0 Å². The first-order chi connectivity index (χ1) is 14.8. The third-order valence-electron chi connectivity index (χ3n) is 7.47. The molecule has 1 saturated heterocycles. The molecular formula is C27H29N3. The molecule has 2 heterocycles. The van der Waals surface area contributed by atoms with Gasteiger partial charge in [-0.2, -0.15) is 0 Å².